The summed E-state index contributed by atoms with van der Waals surface area (Å²) in [7, 11) is 0. The van der Waals surface area contributed by atoms with Crippen molar-refractivity contribution >= 4 is 11.3 Å². The summed E-state index contributed by atoms with van der Waals surface area (Å²) in [5.74, 6) is 0.783. The van der Waals surface area contributed by atoms with Gasteiger partial charge in [0.05, 0.1) is 0 Å². The summed E-state index contributed by atoms with van der Waals surface area (Å²) in [6, 6.07) is 2.40. The third kappa shape index (κ3) is 1.65. The van der Waals surface area contributed by atoms with Crippen LogP contribution in [0.15, 0.2) is 6.07 Å². The fourth-order valence-electron chi connectivity index (χ4n) is 2.15. The van der Waals surface area contributed by atoms with Crippen molar-refractivity contribution in [3.05, 3.63) is 21.4 Å². The van der Waals surface area contributed by atoms with Gasteiger partial charge in [-0.2, -0.15) is 0 Å². The quantitative estimate of drug-likeness (QED) is 0.788. The molecule has 0 saturated carbocycles. The first-order valence-electron chi connectivity index (χ1n) is 5.16. The van der Waals surface area contributed by atoms with Gasteiger partial charge in [0.2, 0.25) is 0 Å². The molecule has 1 aliphatic rings. The van der Waals surface area contributed by atoms with Crippen molar-refractivity contribution in [2.24, 2.45) is 5.73 Å². The van der Waals surface area contributed by atoms with Gasteiger partial charge in [0.1, 0.15) is 0 Å². The summed E-state index contributed by atoms with van der Waals surface area (Å²) in [5, 5.41) is 0. The molecule has 2 N–H and O–H groups in total. The normalized spacial score (nSPS) is 20.6. The average Bonchev–Trinajstić information content (AvgIpc) is 2.67. The monoisotopic (exact) mass is 195 g/mol. The topological polar surface area (TPSA) is 26.0 Å². The van der Waals surface area contributed by atoms with Crippen LogP contribution in [0.3, 0.4) is 0 Å². The van der Waals surface area contributed by atoms with Gasteiger partial charge >= 0.3 is 0 Å². The number of hydrogen-bond acceptors (Lipinski definition) is 2. The molecule has 0 radical (unpaired) electrons. The Balaban J connectivity index is 2.20. The van der Waals surface area contributed by atoms with Crippen molar-refractivity contribution in [1.29, 1.82) is 0 Å². The minimum atomic E-state index is 0.783. The molecule has 0 bridgehead atoms. The maximum absolute atomic E-state index is 5.61. The third-order valence-electron chi connectivity index (χ3n) is 2.89. The standard InChI is InChI=1S/C11H17NS/c1-2-10-7-9-4-3-8(5-6-12)11(9)13-10/h7-8H,2-6,12H2,1H3. The zero-order valence-electron chi connectivity index (χ0n) is 8.18. The lowest BCUT2D eigenvalue weighted by Gasteiger charge is -2.06. The highest BCUT2D eigenvalue weighted by atomic mass is 32.1. The molecule has 1 aromatic heterocycles. The van der Waals surface area contributed by atoms with Crippen molar-refractivity contribution < 1.29 is 0 Å². The predicted octanol–water partition coefficient (Wildman–Crippen LogP) is 2.69. The van der Waals surface area contributed by atoms with E-state index in [2.05, 4.69) is 13.0 Å². The maximum Gasteiger partial charge on any atom is 0.0112 e. The Hall–Kier alpha value is -0.340. The summed E-state index contributed by atoms with van der Waals surface area (Å²) in [5.41, 5.74) is 7.22. The molecule has 0 fully saturated rings. The number of aryl methyl sites for hydroxylation is 2. The lowest BCUT2D eigenvalue weighted by molar-refractivity contribution is 0.633. The van der Waals surface area contributed by atoms with Crippen molar-refractivity contribution in [3.8, 4) is 0 Å². The van der Waals surface area contributed by atoms with Crippen LogP contribution in [-0.4, -0.2) is 6.54 Å². The van der Waals surface area contributed by atoms with Crippen LogP contribution in [0.1, 0.15) is 41.0 Å². The lowest BCUT2D eigenvalue weighted by atomic mass is 10.1. The second-order valence-corrected chi connectivity index (χ2v) is 4.94. The van der Waals surface area contributed by atoms with Crippen LogP contribution in [0, 0.1) is 0 Å². The summed E-state index contributed by atoms with van der Waals surface area (Å²) in [6.07, 6.45) is 4.99. The molecule has 0 aliphatic heterocycles. The van der Waals surface area contributed by atoms with Crippen LogP contribution in [0.5, 0.6) is 0 Å². The van der Waals surface area contributed by atoms with Gasteiger partial charge in [-0.25, -0.2) is 0 Å². The van der Waals surface area contributed by atoms with Gasteiger partial charge in [0.25, 0.3) is 0 Å². The molecular formula is C11H17NS. The average molecular weight is 195 g/mol. The summed E-state index contributed by atoms with van der Waals surface area (Å²) < 4.78 is 0. The Labute approximate surface area is 84.0 Å². The Morgan fingerprint density at radius 3 is 3.15 bits per heavy atom. The van der Waals surface area contributed by atoms with E-state index in [4.69, 9.17) is 5.73 Å². The number of nitrogens with two attached hydrogens (primary N) is 1. The summed E-state index contributed by atoms with van der Waals surface area (Å²) >= 11 is 2.01. The Bertz CT molecular complexity index is 290. The van der Waals surface area contributed by atoms with Gasteiger partial charge in [0.15, 0.2) is 0 Å². The van der Waals surface area contributed by atoms with Crippen molar-refractivity contribution in [1.82, 2.24) is 0 Å². The van der Waals surface area contributed by atoms with Gasteiger partial charge in [0, 0.05) is 9.75 Å². The molecular weight excluding hydrogens is 178 g/mol. The van der Waals surface area contributed by atoms with E-state index in [0.29, 0.717) is 0 Å². The van der Waals surface area contributed by atoms with Crippen LogP contribution in [0.2, 0.25) is 0 Å². The lowest BCUT2D eigenvalue weighted by Crippen LogP contribution is -2.03. The maximum atomic E-state index is 5.61. The molecule has 72 valence electrons. The number of thiophene rings is 1. The van der Waals surface area contributed by atoms with Crippen LogP contribution in [0.4, 0.5) is 0 Å². The molecule has 1 nitrogen and oxygen atoms in total. The fourth-order valence-corrected chi connectivity index (χ4v) is 3.48. The molecule has 13 heavy (non-hydrogen) atoms. The van der Waals surface area contributed by atoms with Crippen molar-refractivity contribution in [2.75, 3.05) is 6.54 Å². The van der Waals surface area contributed by atoms with Crippen LogP contribution in [-0.2, 0) is 12.8 Å². The smallest absolute Gasteiger partial charge is 0.0112 e. The molecule has 1 heterocycles. The van der Waals surface area contributed by atoms with E-state index in [0.717, 1.165) is 12.5 Å². The van der Waals surface area contributed by atoms with Gasteiger partial charge < -0.3 is 5.73 Å². The van der Waals surface area contributed by atoms with E-state index in [1.807, 2.05) is 11.3 Å². The Morgan fingerprint density at radius 1 is 1.62 bits per heavy atom. The number of fused-ring (bicyclic) bond motifs is 1. The van der Waals surface area contributed by atoms with E-state index in [1.54, 1.807) is 15.3 Å². The Morgan fingerprint density at radius 2 is 2.46 bits per heavy atom. The minimum Gasteiger partial charge on any atom is -0.330 e. The van der Waals surface area contributed by atoms with Crippen LogP contribution < -0.4 is 5.73 Å². The van der Waals surface area contributed by atoms with Crippen LogP contribution >= 0.6 is 11.3 Å². The highest BCUT2D eigenvalue weighted by Gasteiger charge is 2.24. The molecule has 0 amide bonds. The molecule has 1 aliphatic carbocycles. The minimum absolute atomic E-state index is 0.783. The first kappa shape index (κ1) is 9.22. The SMILES string of the molecule is CCc1cc2c(s1)C(CCN)CC2. The van der Waals surface area contributed by atoms with Gasteiger partial charge in [-0.05, 0) is 49.8 Å². The third-order valence-corrected chi connectivity index (χ3v) is 4.37. The molecule has 0 saturated heterocycles. The van der Waals surface area contributed by atoms with Gasteiger partial charge in [-0.1, -0.05) is 6.92 Å². The van der Waals surface area contributed by atoms with E-state index in [9.17, 15) is 0 Å². The van der Waals surface area contributed by atoms with Crippen molar-refractivity contribution in [2.45, 2.75) is 38.5 Å². The van der Waals surface area contributed by atoms with Gasteiger partial charge in [-0.15, -0.1) is 11.3 Å². The van der Waals surface area contributed by atoms with E-state index in [1.165, 1.54) is 25.7 Å². The first-order chi connectivity index (χ1) is 6.35. The highest BCUT2D eigenvalue weighted by Crippen LogP contribution is 2.40. The zero-order valence-corrected chi connectivity index (χ0v) is 8.99. The Kier molecular flexibility index (Phi) is 2.70. The molecule has 0 spiro atoms. The predicted molar refractivity (Wildman–Crippen MR) is 58.4 cm³/mol. The summed E-state index contributed by atoms with van der Waals surface area (Å²) in [6.45, 7) is 3.07. The largest absolute Gasteiger partial charge is 0.330 e. The second-order valence-electron chi connectivity index (χ2n) is 3.77. The molecule has 2 heteroatoms. The van der Waals surface area contributed by atoms with Gasteiger partial charge in [-0.3, -0.25) is 0 Å². The zero-order chi connectivity index (χ0) is 9.26. The molecule has 2 rings (SSSR count). The first-order valence-corrected chi connectivity index (χ1v) is 5.98. The molecule has 0 aromatic carbocycles. The highest BCUT2D eigenvalue weighted by molar-refractivity contribution is 7.12. The number of hydrogen-bond donors (Lipinski definition) is 1. The van der Waals surface area contributed by atoms with E-state index < -0.39 is 0 Å². The second kappa shape index (κ2) is 3.81. The van der Waals surface area contributed by atoms with Crippen LogP contribution in [0.25, 0.3) is 0 Å². The molecule has 1 atom stereocenters. The van der Waals surface area contributed by atoms with Crippen molar-refractivity contribution in [3.63, 3.8) is 0 Å². The summed E-state index contributed by atoms with van der Waals surface area (Å²) in [4.78, 5) is 3.19. The van der Waals surface area contributed by atoms with E-state index in [-0.39, 0.29) is 0 Å². The number of rotatable bonds is 3. The van der Waals surface area contributed by atoms with E-state index >= 15 is 0 Å². The fraction of sp³-hybridized carbons (Fsp3) is 0.636. The molecule has 1 aromatic rings. The molecule has 1 unspecified atom stereocenters.